The van der Waals surface area contributed by atoms with E-state index in [4.69, 9.17) is 27.1 Å². The van der Waals surface area contributed by atoms with Gasteiger partial charge in [0.1, 0.15) is 18.3 Å². The summed E-state index contributed by atoms with van der Waals surface area (Å²) in [5, 5.41) is 20.1. The Bertz CT molecular complexity index is 953. The number of aromatic nitrogens is 2. The number of aliphatic hydroxyl groups excluding tert-OH is 1. The van der Waals surface area contributed by atoms with E-state index in [1.807, 2.05) is 24.3 Å². The fourth-order valence-electron chi connectivity index (χ4n) is 4.63. The summed E-state index contributed by atoms with van der Waals surface area (Å²) >= 11 is 6.50. The largest absolute Gasteiger partial charge is 0.389 e. The molecule has 2 aliphatic rings. The van der Waals surface area contributed by atoms with Crippen molar-refractivity contribution >= 4 is 23.2 Å². The van der Waals surface area contributed by atoms with E-state index in [0.717, 1.165) is 61.4 Å². The van der Waals surface area contributed by atoms with Crippen LogP contribution in [0.3, 0.4) is 0 Å². The van der Waals surface area contributed by atoms with Crippen LogP contribution in [0.15, 0.2) is 30.5 Å². The van der Waals surface area contributed by atoms with Crippen molar-refractivity contribution in [3.05, 3.63) is 35.5 Å². The van der Waals surface area contributed by atoms with E-state index in [1.54, 1.807) is 6.20 Å². The molecule has 1 atom stereocenters. The van der Waals surface area contributed by atoms with Crippen LogP contribution in [0.5, 0.6) is 0 Å². The first kappa shape index (κ1) is 26.0. The van der Waals surface area contributed by atoms with Crippen molar-refractivity contribution in [1.29, 1.82) is 0 Å². The summed E-state index contributed by atoms with van der Waals surface area (Å²) in [5.41, 5.74) is 7.79. The van der Waals surface area contributed by atoms with Gasteiger partial charge in [0.25, 0.3) is 0 Å². The van der Waals surface area contributed by atoms with Crippen LogP contribution in [0.1, 0.15) is 38.5 Å². The van der Waals surface area contributed by atoms with Crippen LogP contribution in [0.2, 0.25) is 5.02 Å². The Balaban J connectivity index is 1.35. The fraction of sp³-hybridized carbons (Fsp3) is 0.600. The van der Waals surface area contributed by atoms with E-state index in [1.165, 1.54) is 0 Å². The molecule has 2 aromatic rings. The second-order valence-electron chi connectivity index (χ2n) is 9.70. The van der Waals surface area contributed by atoms with Gasteiger partial charge in [0.15, 0.2) is 0 Å². The van der Waals surface area contributed by atoms with Gasteiger partial charge in [0.2, 0.25) is 0 Å². The van der Waals surface area contributed by atoms with Crippen LogP contribution in [0.4, 0.5) is 16.0 Å². The van der Waals surface area contributed by atoms with Crippen LogP contribution in [0, 0.1) is 0 Å². The molecular formula is C25H36ClFN6O2. The highest BCUT2D eigenvalue weighted by Gasteiger charge is 2.28. The summed E-state index contributed by atoms with van der Waals surface area (Å²) in [6, 6.07) is 8.36. The van der Waals surface area contributed by atoms with Crippen molar-refractivity contribution in [1.82, 2.24) is 15.3 Å². The first-order chi connectivity index (χ1) is 16.9. The zero-order chi connectivity index (χ0) is 24.7. The minimum Gasteiger partial charge on any atom is -0.389 e. The summed E-state index contributed by atoms with van der Waals surface area (Å²) in [6.45, 7) is 1.59. The minimum absolute atomic E-state index is 0.289. The molecule has 2 fully saturated rings. The quantitative estimate of drug-likeness (QED) is 0.333. The third-order valence-corrected chi connectivity index (χ3v) is 7.19. The maximum Gasteiger partial charge on any atom is 0.126 e. The summed E-state index contributed by atoms with van der Waals surface area (Å²) in [4.78, 5) is 9.24. The Labute approximate surface area is 211 Å². The summed E-state index contributed by atoms with van der Waals surface area (Å²) < 4.78 is 17.9. The van der Waals surface area contributed by atoms with Gasteiger partial charge in [-0.2, -0.15) is 0 Å². The summed E-state index contributed by atoms with van der Waals surface area (Å²) in [7, 11) is 0. The van der Waals surface area contributed by atoms with Gasteiger partial charge in [-0.3, -0.25) is 0 Å². The number of nitrogens with one attached hydrogen (secondary N) is 3. The van der Waals surface area contributed by atoms with Crippen molar-refractivity contribution < 1.29 is 14.2 Å². The lowest BCUT2D eigenvalue weighted by molar-refractivity contribution is 0.0574. The van der Waals surface area contributed by atoms with Crippen molar-refractivity contribution in [2.24, 2.45) is 5.73 Å². The zero-order valence-corrected chi connectivity index (χ0v) is 20.7. The molecule has 35 heavy (non-hydrogen) atoms. The molecule has 0 radical (unpaired) electrons. The SMILES string of the molecule is NC1(CNc2cccc(-c3cc(N[C@H]4CC[C@H](NC[C@@H](O)CF)CC4)ncc3Cl)n2)CCOCC1. The van der Waals surface area contributed by atoms with E-state index in [9.17, 15) is 9.50 Å². The van der Waals surface area contributed by atoms with Gasteiger partial charge in [-0.1, -0.05) is 17.7 Å². The lowest BCUT2D eigenvalue weighted by Crippen LogP contribution is -2.50. The Morgan fingerprint density at radius 1 is 1.17 bits per heavy atom. The summed E-state index contributed by atoms with van der Waals surface area (Å²) in [6.07, 6.45) is 6.22. The highest BCUT2D eigenvalue weighted by molar-refractivity contribution is 6.33. The number of aliphatic hydroxyl groups is 1. The van der Waals surface area contributed by atoms with Crippen LogP contribution in [0.25, 0.3) is 11.3 Å². The van der Waals surface area contributed by atoms with Crippen molar-refractivity contribution in [2.45, 2.75) is 62.3 Å². The number of nitrogens with zero attached hydrogens (tertiary/aromatic N) is 2. The fourth-order valence-corrected chi connectivity index (χ4v) is 4.83. The van der Waals surface area contributed by atoms with E-state index >= 15 is 0 Å². The lowest BCUT2D eigenvalue weighted by atomic mass is 9.91. The molecule has 8 nitrogen and oxygen atoms in total. The monoisotopic (exact) mass is 506 g/mol. The average molecular weight is 507 g/mol. The van der Waals surface area contributed by atoms with Crippen molar-refractivity contribution in [3.63, 3.8) is 0 Å². The second kappa shape index (κ2) is 12.3. The number of hydrogen-bond acceptors (Lipinski definition) is 8. The number of anilines is 2. The topological polar surface area (TPSA) is 117 Å². The first-order valence-electron chi connectivity index (χ1n) is 12.4. The molecule has 4 rings (SSSR count). The van der Waals surface area contributed by atoms with E-state index in [-0.39, 0.29) is 5.54 Å². The molecule has 0 unspecified atom stereocenters. The summed E-state index contributed by atoms with van der Waals surface area (Å²) in [5.74, 6) is 1.52. The van der Waals surface area contributed by atoms with Crippen LogP contribution in [-0.4, -0.2) is 71.8 Å². The van der Waals surface area contributed by atoms with E-state index < -0.39 is 12.8 Å². The molecule has 10 heteroatoms. The number of pyridine rings is 2. The molecule has 0 bridgehead atoms. The molecule has 0 amide bonds. The predicted octanol–water partition coefficient (Wildman–Crippen LogP) is 3.36. The highest BCUT2D eigenvalue weighted by Crippen LogP contribution is 2.30. The molecule has 6 N–H and O–H groups in total. The highest BCUT2D eigenvalue weighted by atomic mass is 35.5. The number of rotatable bonds is 10. The number of ether oxygens (including phenoxy) is 1. The molecule has 1 aliphatic heterocycles. The molecule has 1 aliphatic carbocycles. The second-order valence-corrected chi connectivity index (χ2v) is 10.1. The van der Waals surface area contributed by atoms with Gasteiger partial charge in [0, 0.05) is 55.7 Å². The van der Waals surface area contributed by atoms with Gasteiger partial charge < -0.3 is 31.5 Å². The van der Waals surface area contributed by atoms with Crippen LogP contribution >= 0.6 is 11.6 Å². The molecule has 2 aromatic heterocycles. The van der Waals surface area contributed by atoms with E-state index in [2.05, 4.69) is 20.9 Å². The first-order valence-corrected chi connectivity index (χ1v) is 12.8. The third-order valence-electron chi connectivity index (χ3n) is 6.89. The maximum atomic E-state index is 12.4. The molecule has 192 valence electrons. The smallest absolute Gasteiger partial charge is 0.126 e. The lowest BCUT2D eigenvalue weighted by Gasteiger charge is -2.33. The van der Waals surface area contributed by atoms with E-state index in [0.29, 0.717) is 43.4 Å². The standard InChI is InChI=1S/C25H36ClFN6O2/c26-21-15-30-24(32-18-6-4-17(5-7-18)29-14-19(34)13-27)12-20(21)22-2-1-3-23(33-22)31-16-25(28)8-10-35-11-9-25/h1-3,12,15,17-19,29,34H,4-11,13-14,16,28H2,(H,30,32)(H,31,33)/t17-,18-,19-/m0/s1. The number of halogens is 2. The molecule has 1 saturated heterocycles. The molecular weight excluding hydrogens is 471 g/mol. The third kappa shape index (κ3) is 7.47. The molecule has 0 spiro atoms. The van der Waals surface area contributed by atoms with Crippen molar-refractivity contribution in [3.8, 4) is 11.3 Å². The van der Waals surface area contributed by atoms with Gasteiger partial charge >= 0.3 is 0 Å². The normalized spacial score (nSPS) is 23.0. The number of nitrogens with two attached hydrogens (primary N) is 1. The number of alkyl halides is 1. The molecule has 1 saturated carbocycles. The Kier molecular flexibility index (Phi) is 9.13. The molecule has 0 aromatic carbocycles. The number of hydrogen-bond donors (Lipinski definition) is 5. The van der Waals surface area contributed by atoms with Gasteiger partial charge in [-0.25, -0.2) is 14.4 Å². The van der Waals surface area contributed by atoms with Gasteiger partial charge in [0.05, 0.1) is 16.8 Å². The zero-order valence-electron chi connectivity index (χ0n) is 20.0. The van der Waals surface area contributed by atoms with Crippen LogP contribution in [-0.2, 0) is 4.74 Å². The Morgan fingerprint density at radius 2 is 1.91 bits per heavy atom. The van der Waals surface area contributed by atoms with Gasteiger partial charge in [-0.05, 0) is 56.7 Å². The minimum atomic E-state index is -0.928. The Hall–Kier alpha value is -2.04. The Morgan fingerprint density at radius 3 is 2.66 bits per heavy atom. The molecule has 3 heterocycles. The van der Waals surface area contributed by atoms with Crippen LogP contribution < -0.4 is 21.7 Å². The average Bonchev–Trinajstić information content (AvgIpc) is 2.88. The van der Waals surface area contributed by atoms with Gasteiger partial charge in [-0.15, -0.1) is 0 Å². The predicted molar refractivity (Wildman–Crippen MR) is 138 cm³/mol. The van der Waals surface area contributed by atoms with Crippen molar-refractivity contribution in [2.75, 3.05) is 43.6 Å². The maximum absolute atomic E-state index is 12.4.